The minimum Gasteiger partial charge on any atom is -0.504 e. The SMILES string of the molecule is COCCCCC1(CNC(=O)[C@H]2C[C@@H](NS(=O)(=O)c3ccc(O)c(OC)c3)CN(C(=O)O)C2)c2ccccc2Oc2ccccc21. The molecule has 1 saturated heterocycles. The van der Waals surface area contributed by atoms with Gasteiger partial charge >= 0.3 is 6.09 Å². The fourth-order valence-corrected chi connectivity index (χ4v) is 7.67. The number of phenols is 1. The van der Waals surface area contributed by atoms with Gasteiger partial charge in [0, 0.05) is 62.0 Å². The number of aromatic hydroxyl groups is 1. The monoisotopic (exact) mass is 653 g/mol. The first-order valence-electron chi connectivity index (χ1n) is 15.1. The third-order valence-electron chi connectivity index (χ3n) is 8.67. The van der Waals surface area contributed by atoms with Gasteiger partial charge in [0.25, 0.3) is 0 Å². The Kier molecular flexibility index (Phi) is 10.0. The van der Waals surface area contributed by atoms with Gasteiger partial charge in [-0.15, -0.1) is 0 Å². The molecule has 0 spiro atoms. The fourth-order valence-electron chi connectivity index (χ4n) is 6.41. The van der Waals surface area contributed by atoms with Crippen LogP contribution in [-0.2, 0) is 25.0 Å². The molecule has 4 N–H and O–H groups in total. The Morgan fingerprint density at radius 2 is 1.67 bits per heavy atom. The Bertz CT molecular complexity index is 1630. The Morgan fingerprint density at radius 1 is 1.00 bits per heavy atom. The molecule has 46 heavy (non-hydrogen) atoms. The first-order chi connectivity index (χ1) is 22.1. The highest BCUT2D eigenvalue weighted by Crippen LogP contribution is 2.50. The summed E-state index contributed by atoms with van der Waals surface area (Å²) in [6, 6.07) is 18.2. The van der Waals surface area contributed by atoms with Gasteiger partial charge in [-0.2, -0.15) is 0 Å². The van der Waals surface area contributed by atoms with Crippen molar-refractivity contribution in [2.24, 2.45) is 5.92 Å². The molecule has 2 aliphatic heterocycles. The van der Waals surface area contributed by atoms with Gasteiger partial charge < -0.3 is 34.6 Å². The van der Waals surface area contributed by atoms with Crippen LogP contribution in [0, 0.1) is 5.92 Å². The van der Waals surface area contributed by atoms with Crippen LogP contribution < -0.4 is 19.5 Å². The maximum Gasteiger partial charge on any atom is 0.407 e. The Balaban J connectivity index is 1.39. The van der Waals surface area contributed by atoms with E-state index in [1.807, 2.05) is 48.5 Å². The molecule has 0 radical (unpaired) electrons. The number of likely N-dealkylation sites (tertiary alicyclic amines) is 1. The number of piperidine rings is 1. The van der Waals surface area contributed by atoms with Gasteiger partial charge in [-0.3, -0.25) is 4.79 Å². The maximum absolute atomic E-state index is 13.9. The Morgan fingerprint density at radius 3 is 2.30 bits per heavy atom. The average Bonchev–Trinajstić information content (AvgIpc) is 3.05. The van der Waals surface area contributed by atoms with Gasteiger partial charge in [0.2, 0.25) is 15.9 Å². The molecule has 2 atom stereocenters. The smallest absolute Gasteiger partial charge is 0.407 e. The van der Waals surface area contributed by atoms with E-state index in [2.05, 4.69) is 10.0 Å². The first-order valence-corrected chi connectivity index (χ1v) is 16.6. The molecule has 1 fully saturated rings. The fraction of sp³-hybridized carbons (Fsp3) is 0.394. The zero-order chi connectivity index (χ0) is 32.9. The lowest BCUT2D eigenvalue weighted by atomic mass is 9.69. The second-order valence-corrected chi connectivity index (χ2v) is 13.3. The van der Waals surface area contributed by atoms with Gasteiger partial charge in [-0.1, -0.05) is 36.4 Å². The van der Waals surface area contributed by atoms with Crippen LogP contribution in [-0.4, -0.2) is 82.0 Å². The summed E-state index contributed by atoms with van der Waals surface area (Å²) >= 11 is 0. The highest BCUT2D eigenvalue weighted by atomic mass is 32.2. The number of rotatable bonds is 12. The van der Waals surface area contributed by atoms with Crippen molar-refractivity contribution in [1.29, 1.82) is 0 Å². The van der Waals surface area contributed by atoms with Gasteiger partial charge in [-0.25, -0.2) is 17.9 Å². The lowest BCUT2D eigenvalue weighted by molar-refractivity contribution is -0.126. The summed E-state index contributed by atoms with van der Waals surface area (Å²) in [5.41, 5.74) is 1.25. The van der Waals surface area contributed by atoms with Crippen molar-refractivity contribution < 1.29 is 42.4 Å². The number of methoxy groups -OCH3 is 2. The first kappa shape index (κ1) is 33.0. The molecular formula is C33H39N3O9S. The van der Waals surface area contributed by atoms with Crippen molar-refractivity contribution in [3.05, 3.63) is 77.9 Å². The molecule has 3 aromatic rings. The second kappa shape index (κ2) is 14.0. The van der Waals surface area contributed by atoms with Crippen LogP contribution >= 0.6 is 0 Å². The van der Waals surface area contributed by atoms with E-state index in [1.165, 1.54) is 25.3 Å². The molecule has 0 unspecified atom stereocenters. The van der Waals surface area contributed by atoms with E-state index in [0.29, 0.717) is 24.5 Å². The van der Waals surface area contributed by atoms with Crippen LogP contribution in [0.5, 0.6) is 23.0 Å². The van der Waals surface area contributed by atoms with E-state index >= 15 is 0 Å². The van der Waals surface area contributed by atoms with Crippen molar-refractivity contribution in [3.8, 4) is 23.0 Å². The van der Waals surface area contributed by atoms with Crippen LogP contribution in [0.15, 0.2) is 71.6 Å². The van der Waals surface area contributed by atoms with Gasteiger partial charge in [0.1, 0.15) is 11.5 Å². The van der Waals surface area contributed by atoms with Crippen molar-refractivity contribution in [2.75, 3.05) is 40.5 Å². The zero-order valence-corrected chi connectivity index (χ0v) is 26.6. The van der Waals surface area contributed by atoms with Crippen molar-refractivity contribution >= 4 is 22.0 Å². The molecule has 2 heterocycles. The van der Waals surface area contributed by atoms with Gasteiger partial charge in [0.05, 0.1) is 17.9 Å². The third kappa shape index (κ3) is 6.91. The quantitative estimate of drug-likeness (QED) is 0.211. The topological polar surface area (TPSA) is 164 Å². The van der Waals surface area contributed by atoms with E-state index in [4.69, 9.17) is 14.2 Å². The number of amides is 2. The van der Waals surface area contributed by atoms with Crippen molar-refractivity contribution in [1.82, 2.24) is 14.9 Å². The number of sulfonamides is 1. The molecule has 0 aliphatic carbocycles. The molecule has 246 valence electrons. The minimum absolute atomic E-state index is 0.0247. The molecule has 13 heteroatoms. The number of fused-ring (bicyclic) bond motifs is 2. The van der Waals surface area contributed by atoms with E-state index in [9.17, 15) is 28.2 Å². The predicted octanol–water partition coefficient (Wildman–Crippen LogP) is 4.07. The number of carbonyl (C=O) groups is 2. The maximum atomic E-state index is 13.9. The summed E-state index contributed by atoms with van der Waals surface area (Å²) in [4.78, 5) is 26.8. The van der Waals surface area contributed by atoms with Crippen molar-refractivity contribution in [3.63, 3.8) is 0 Å². The van der Waals surface area contributed by atoms with E-state index in [1.54, 1.807) is 7.11 Å². The minimum atomic E-state index is -4.15. The second-order valence-electron chi connectivity index (χ2n) is 11.6. The number of benzene rings is 3. The van der Waals surface area contributed by atoms with Crippen LogP contribution in [0.1, 0.15) is 36.8 Å². The number of nitrogens with one attached hydrogen (secondary N) is 2. The highest BCUT2D eigenvalue weighted by molar-refractivity contribution is 7.89. The summed E-state index contributed by atoms with van der Waals surface area (Å²) in [5.74, 6) is -0.0288. The van der Waals surface area contributed by atoms with Crippen LogP contribution in [0.25, 0.3) is 0 Å². The molecule has 0 saturated carbocycles. The van der Waals surface area contributed by atoms with Gasteiger partial charge in [0.15, 0.2) is 11.5 Å². The number of hydrogen-bond donors (Lipinski definition) is 4. The number of phenolic OH excluding ortho intramolecular Hbond substituents is 1. The lowest BCUT2D eigenvalue weighted by Crippen LogP contribution is -2.56. The Labute approximate surface area is 268 Å². The summed E-state index contributed by atoms with van der Waals surface area (Å²) in [6.45, 7) is 0.617. The summed E-state index contributed by atoms with van der Waals surface area (Å²) < 4.78 is 45.6. The number of hydrogen-bond acceptors (Lipinski definition) is 8. The zero-order valence-electron chi connectivity index (χ0n) is 25.8. The van der Waals surface area contributed by atoms with Crippen LogP contribution in [0.4, 0.5) is 4.79 Å². The molecule has 2 amide bonds. The summed E-state index contributed by atoms with van der Waals surface area (Å²) in [7, 11) is -1.18. The third-order valence-corrected chi connectivity index (χ3v) is 10.2. The molecule has 12 nitrogen and oxygen atoms in total. The normalized spacial score (nSPS) is 18.5. The average molecular weight is 654 g/mol. The number of nitrogens with zero attached hydrogens (tertiary/aromatic N) is 1. The van der Waals surface area contributed by atoms with E-state index < -0.39 is 33.5 Å². The number of para-hydroxylation sites is 2. The number of unbranched alkanes of at least 4 members (excludes halogenated alkanes) is 1. The van der Waals surface area contributed by atoms with Crippen LogP contribution in [0.3, 0.4) is 0 Å². The van der Waals surface area contributed by atoms with Crippen molar-refractivity contribution in [2.45, 2.75) is 42.0 Å². The lowest BCUT2D eigenvalue weighted by Gasteiger charge is -2.41. The molecule has 2 aliphatic rings. The van der Waals surface area contributed by atoms with Gasteiger partial charge in [-0.05, 0) is 49.9 Å². The highest BCUT2D eigenvalue weighted by Gasteiger charge is 2.43. The number of carboxylic acid groups (broad SMARTS) is 1. The molecule has 5 rings (SSSR count). The molecule has 3 aromatic carbocycles. The predicted molar refractivity (Wildman–Crippen MR) is 169 cm³/mol. The molecular weight excluding hydrogens is 614 g/mol. The van der Waals surface area contributed by atoms with E-state index in [0.717, 1.165) is 28.9 Å². The summed E-state index contributed by atoms with van der Waals surface area (Å²) in [5, 5.41) is 22.9. The number of carbonyl (C=O) groups excluding carboxylic acids is 1. The summed E-state index contributed by atoms with van der Waals surface area (Å²) in [6.07, 6.45) is 1.16. The van der Waals surface area contributed by atoms with E-state index in [-0.39, 0.29) is 48.4 Å². The largest absolute Gasteiger partial charge is 0.504 e. The number of ether oxygens (including phenoxy) is 3. The van der Waals surface area contributed by atoms with Crippen LogP contribution in [0.2, 0.25) is 0 Å². The standard InChI is InChI=1S/C33H39N3O9S/c1-43-16-8-7-15-33(25-9-3-5-11-28(25)45-29-12-6-4-10-26(29)33)21-34-31(38)22-17-23(20-36(19-22)32(39)40)35-46(41,42)24-13-14-27(37)30(18-24)44-2/h3-6,9-14,18,22-23,35,37H,7-8,15-17,19-21H2,1-2H3,(H,34,38)(H,39,40)/t22-,23+/m0/s1. The molecule has 0 bridgehead atoms. The Hall–Kier alpha value is -4.33. The molecule has 0 aromatic heterocycles.